The third-order valence-corrected chi connectivity index (χ3v) is 7.89. The van der Waals surface area contributed by atoms with Gasteiger partial charge in [-0.15, -0.1) is 0 Å². The molecule has 0 aliphatic carbocycles. The minimum atomic E-state index is 0.864. The second kappa shape index (κ2) is 13.9. The average molecular weight is 549 g/mol. The summed E-state index contributed by atoms with van der Waals surface area (Å²) in [5, 5.41) is 23.5. The summed E-state index contributed by atoms with van der Waals surface area (Å²) in [5.74, 6) is 0. The highest BCUT2D eigenvalue weighted by Gasteiger charge is 2.11. The molecule has 2 aromatic heterocycles. The fourth-order valence-corrected chi connectivity index (χ4v) is 5.43. The predicted molar refractivity (Wildman–Crippen MR) is 157 cm³/mol. The summed E-state index contributed by atoms with van der Waals surface area (Å²) in [6.07, 6.45) is 6.30. The molecular weight excluding hydrogens is 512 g/mol. The molecule has 4 aromatic rings. The van der Waals surface area contributed by atoms with Gasteiger partial charge in [-0.25, -0.2) is 9.13 Å². The molecule has 0 saturated carbocycles. The highest BCUT2D eigenvalue weighted by atomic mass is 32.1. The van der Waals surface area contributed by atoms with Crippen LogP contribution in [0.5, 0.6) is 0 Å². The first kappa shape index (κ1) is 27.5. The fraction of sp³-hybridized carbons (Fsp3) is 0.357. The molecule has 4 rings (SSSR count). The van der Waals surface area contributed by atoms with E-state index in [1.54, 1.807) is 22.7 Å². The lowest BCUT2D eigenvalue weighted by Crippen LogP contribution is -2.28. The van der Waals surface area contributed by atoms with Crippen molar-refractivity contribution in [1.82, 2.24) is 0 Å². The quantitative estimate of drug-likeness (QED) is 0.0980. The standard InChI is InChI=1S/C28H36N8S2/c1-5-35-19-21-37-27(35)31-29-23-9-13-25(14-10-23)33(3)17-7-8-18-34(4)26-15-11-24(12-16-26)30-32-28-36(6-2)20-22-38-28/h9-16,19-22H,5-8,17-18H2,1-4H3/q+2. The number of unbranched alkanes of at least 4 members (excludes halogenated alkanes) is 1. The van der Waals surface area contributed by atoms with E-state index in [9.17, 15) is 0 Å². The van der Waals surface area contributed by atoms with E-state index in [1.807, 2.05) is 47.4 Å². The van der Waals surface area contributed by atoms with Crippen LogP contribution in [-0.2, 0) is 13.1 Å². The number of rotatable bonds is 13. The van der Waals surface area contributed by atoms with Crippen LogP contribution < -0.4 is 18.9 Å². The van der Waals surface area contributed by atoms with Gasteiger partial charge in [0.15, 0.2) is 0 Å². The lowest BCUT2D eigenvalue weighted by molar-refractivity contribution is -0.677. The van der Waals surface area contributed by atoms with Crippen molar-refractivity contribution < 1.29 is 9.13 Å². The molecule has 0 spiro atoms. The lowest BCUT2D eigenvalue weighted by atomic mass is 10.2. The smallest absolute Gasteiger partial charge is 0.375 e. The van der Waals surface area contributed by atoms with E-state index >= 15 is 0 Å². The monoisotopic (exact) mass is 548 g/mol. The van der Waals surface area contributed by atoms with E-state index in [1.165, 1.54) is 11.4 Å². The number of hydrogen-bond acceptors (Lipinski definition) is 8. The Labute approximate surface area is 233 Å². The van der Waals surface area contributed by atoms with Crippen molar-refractivity contribution in [2.75, 3.05) is 37.0 Å². The van der Waals surface area contributed by atoms with Crippen molar-refractivity contribution in [1.29, 1.82) is 0 Å². The Hall–Kier alpha value is -3.50. The Bertz CT molecular complexity index is 1220. The molecule has 38 heavy (non-hydrogen) atoms. The van der Waals surface area contributed by atoms with E-state index in [0.29, 0.717) is 0 Å². The third-order valence-electron chi connectivity index (χ3n) is 6.32. The number of hydrogen-bond donors (Lipinski definition) is 0. The van der Waals surface area contributed by atoms with Crippen molar-refractivity contribution in [3.05, 3.63) is 71.7 Å². The largest absolute Gasteiger partial charge is 0.408 e. The SMILES string of the molecule is CC[n+]1ccsc1N=Nc1ccc(N(C)CCCCN(C)c2ccc(N=Nc3scc[n+]3CC)cc2)cc1. The molecule has 10 heteroatoms. The Morgan fingerprint density at radius 3 is 1.37 bits per heavy atom. The number of aromatic nitrogens is 2. The van der Waals surface area contributed by atoms with Crippen LogP contribution in [0, 0.1) is 0 Å². The van der Waals surface area contributed by atoms with Gasteiger partial charge in [0.05, 0.1) is 23.3 Å². The fourth-order valence-electron chi connectivity index (χ4n) is 3.94. The number of nitrogens with zero attached hydrogens (tertiary/aromatic N) is 8. The van der Waals surface area contributed by atoms with Gasteiger partial charge in [0, 0.05) is 49.3 Å². The zero-order valence-corrected chi connectivity index (χ0v) is 24.2. The number of anilines is 2. The molecule has 0 N–H and O–H groups in total. The van der Waals surface area contributed by atoms with E-state index < -0.39 is 0 Å². The Balaban J connectivity index is 1.20. The minimum absolute atomic E-state index is 0.864. The Morgan fingerprint density at radius 2 is 1.00 bits per heavy atom. The second-order valence-electron chi connectivity index (χ2n) is 8.93. The first-order valence-corrected chi connectivity index (χ1v) is 14.7. The van der Waals surface area contributed by atoms with E-state index in [0.717, 1.165) is 60.7 Å². The molecular formula is C28H36N8S2+2. The highest BCUT2D eigenvalue weighted by Crippen LogP contribution is 2.24. The van der Waals surface area contributed by atoms with Crippen molar-refractivity contribution in [3.63, 3.8) is 0 Å². The predicted octanol–water partition coefficient (Wildman–Crippen LogP) is 7.61. The normalized spacial score (nSPS) is 11.6. The van der Waals surface area contributed by atoms with Gasteiger partial charge >= 0.3 is 10.3 Å². The molecule has 8 nitrogen and oxygen atoms in total. The van der Waals surface area contributed by atoms with Crippen LogP contribution in [0.4, 0.5) is 33.0 Å². The van der Waals surface area contributed by atoms with Crippen molar-refractivity contribution >= 4 is 55.7 Å². The molecule has 2 aromatic carbocycles. The van der Waals surface area contributed by atoms with E-state index in [2.05, 4.69) is 91.6 Å². The zero-order valence-electron chi connectivity index (χ0n) is 22.6. The molecule has 0 atom stereocenters. The topological polar surface area (TPSA) is 63.7 Å². The molecule has 0 aliphatic heterocycles. The summed E-state index contributed by atoms with van der Waals surface area (Å²) in [4.78, 5) is 4.59. The number of benzene rings is 2. The third kappa shape index (κ3) is 7.52. The summed E-state index contributed by atoms with van der Waals surface area (Å²) in [6.45, 7) is 8.00. The first-order chi connectivity index (χ1) is 18.6. The van der Waals surface area contributed by atoms with E-state index in [-0.39, 0.29) is 0 Å². The maximum absolute atomic E-state index is 4.39. The summed E-state index contributed by atoms with van der Waals surface area (Å²) < 4.78 is 4.17. The summed E-state index contributed by atoms with van der Waals surface area (Å²) in [5.41, 5.74) is 4.11. The van der Waals surface area contributed by atoms with Gasteiger partial charge in [-0.05, 0) is 108 Å². The molecule has 0 radical (unpaired) electrons. The summed E-state index contributed by atoms with van der Waals surface area (Å²) in [6, 6.07) is 16.6. The zero-order chi connectivity index (χ0) is 26.7. The first-order valence-electron chi connectivity index (χ1n) is 13.0. The van der Waals surface area contributed by atoms with Crippen LogP contribution in [0.3, 0.4) is 0 Å². The van der Waals surface area contributed by atoms with Crippen LogP contribution in [0.15, 0.2) is 92.1 Å². The van der Waals surface area contributed by atoms with Crippen LogP contribution in [0.2, 0.25) is 0 Å². The van der Waals surface area contributed by atoms with Gasteiger partial charge in [0.25, 0.3) is 0 Å². The van der Waals surface area contributed by atoms with Crippen LogP contribution in [0.25, 0.3) is 0 Å². The van der Waals surface area contributed by atoms with Crippen LogP contribution in [0.1, 0.15) is 26.7 Å². The van der Waals surface area contributed by atoms with Crippen molar-refractivity contribution in [3.8, 4) is 0 Å². The van der Waals surface area contributed by atoms with Crippen molar-refractivity contribution in [2.45, 2.75) is 39.8 Å². The molecule has 0 fully saturated rings. The summed E-state index contributed by atoms with van der Waals surface area (Å²) >= 11 is 3.20. The van der Waals surface area contributed by atoms with Gasteiger partial charge in [-0.3, -0.25) is 0 Å². The highest BCUT2D eigenvalue weighted by molar-refractivity contribution is 7.13. The maximum Gasteiger partial charge on any atom is 0.408 e. The Morgan fingerprint density at radius 1 is 0.605 bits per heavy atom. The second-order valence-corrected chi connectivity index (χ2v) is 10.7. The van der Waals surface area contributed by atoms with Gasteiger partial charge in [-0.2, -0.15) is 0 Å². The minimum Gasteiger partial charge on any atom is -0.375 e. The Kier molecular flexibility index (Phi) is 10.1. The van der Waals surface area contributed by atoms with Gasteiger partial charge in [0.1, 0.15) is 23.8 Å². The van der Waals surface area contributed by atoms with Crippen LogP contribution >= 0.6 is 22.7 Å². The van der Waals surface area contributed by atoms with Gasteiger partial charge in [0.2, 0.25) is 0 Å². The molecule has 0 amide bonds. The number of aryl methyl sites for hydroxylation is 2. The number of thiazole rings is 2. The van der Waals surface area contributed by atoms with Crippen molar-refractivity contribution in [2.24, 2.45) is 20.5 Å². The van der Waals surface area contributed by atoms with Gasteiger partial charge in [-0.1, -0.05) is 0 Å². The molecule has 198 valence electrons. The molecule has 2 heterocycles. The van der Waals surface area contributed by atoms with Gasteiger partial charge < -0.3 is 9.80 Å². The molecule has 0 unspecified atom stereocenters. The summed E-state index contributed by atoms with van der Waals surface area (Å²) in [7, 11) is 4.28. The molecule has 0 aliphatic rings. The average Bonchev–Trinajstić information content (AvgIpc) is 3.62. The van der Waals surface area contributed by atoms with E-state index in [4.69, 9.17) is 0 Å². The molecule has 0 saturated heterocycles. The maximum atomic E-state index is 4.39. The molecule has 0 bridgehead atoms. The number of azo groups is 2. The lowest BCUT2D eigenvalue weighted by Gasteiger charge is -2.22. The van der Waals surface area contributed by atoms with Crippen LogP contribution in [-0.4, -0.2) is 27.2 Å².